The molecule has 2 nitrogen and oxygen atoms in total. The first kappa shape index (κ1) is 13.4. The molecule has 0 fully saturated rings. The third-order valence-electron chi connectivity index (χ3n) is 0.756. The normalized spacial score (nSPS) is 13.7. The molecule has 86 valence electrons. The van der Waals surface area contributed by atoms with Crippen molar-refractivity contribution in [1.29, 1.82) is 0 Å². The van der Waals surface area contributed by atoms with Crippen LogP contribution in [0.25, 0.3) is 0 Å². The highest BCUT2D eigenvalue weighted by Gasteiger charge is 2.32. The first-order valence-electron chi connectivity index (χ1n) is 3.11. The lowest BCUT2D eigenvalue weighted by Gasteiger charge is -2.13. The molecule has 0 aromatic heterocycles. The highest BCUT2D eigenvalue weighted by atomic mass is 19.4. The largest absolute Gasteiger partial charge is 0.412 e. The minimum atomic E-state index is -4.81. The smallest absolute Gasteiger partial charge is 0.317 e. The molecule has 0 rings (SSSR count). The molecule has 0 radical (unpaired) electrons. The molecule has 0 atom stereocenters. The minimum Gasteiger partial charge on any atom is -0.317 e. The summed E-state index contributed by atoms with van der Waals surface area (Å²) >= 11 is 0. The number of hydrogen-bond donors (Lipinski definition) is 0. The van der Waals surface area contributed by atoms with E-state index in [0.717, 1.165) is 0 Å². The zero-order valence-electron chi connectivity index (χ0n) is 6.45. The topological polar surface area (TPSA) is 18.5 Å². The Balaban J connectivity index is 3.62. The average molecular weight is 230 g/mol. The van der Waals surface area contributed by atoms with Gasteiger partial charge in [0.2, 0.25) is 0 Å². The Kier molecular flexibility index (Phi) is 4.59. The molecule has 9 heteroatoms. The number of ether oxygens (including phenoxy) is 2. The van der Waals surface area contributed by atoms with Crippen molar-refractivity contribution in [2.45, 2.75) is 18.9 Å². The average Bonchev–Trinajstić information content (AvgIpc) is 1.94. The van der Waals surface area contributed by atoms with E-state index in [2.05, 4.69) is 9.47 Å². The van der Waals surface area contributed by atoms with Crippen molar-refractivity contribution in [3.8, 4) is 0 Å². The van der Waals surface area contributed by atoms with Crippen LogP contribution >= 0.6 is 0 Å². The number of rotatable bonds is 4. The SMILES string of the molecule is FC(OCC(F)(F)F)OCC(F)(F)F. The molecule has 0 aliphatic carbocycles. The third-order valence-corrected chi connectivity index (χ3v) is 0.756. The second-order valence-corrected chi connectivity index (χ2v) is 2.13. The van der Waals surface area contributed by atoms with Crippen LogP contribution in [0.3, 0.4) is 0 Å². The Hall–Kier alpha value is -0.570. The summed E-state index contributed by atoms with van der Waals surface area (Å²) in [5.41, 5.74) is 0. The van der Waals surface area contributed by atoms with Crippen molar-refractivity contribution in [3.05, 3.63) is 0 Å². The van der Waals surface area contributed by atoms with Crippen molar-refractivity contribution < 1.29 is 40.2 Å². The molecule has 0 aliphatic rings. The van der Waals surface area contributed by atoms with Gasteiger partial charge >= 0.3 is 18.9 Å². The van der Waals surface area contributed by atoms with Crippen molar-refractivity contribution >= 4 is 0 Å². The van der Waals surface area contributed by atoms with Gasteiger partial charge in [0.05, 0.1) is 0 Å². The maximum absolute atomic E-state index is 12.0. The molecule has 0 aromatic carbocycles. The first-order valence-corrected chi connectivity index (χ1v) is 3.11. The van der Waals surface area contributed by atoms with E-state index < -0.39 is 32.1 Å². The van der Waals surface area contributed by atoms with Gasteiger partial charge in [-0.2, -0.15) is 30.7 Å². The fourth-order valence-electron chi connectivity index (χ4n) is 0.368. The van der Waals surface area contributed by atoms with E-state index in [1.54, 1.807) is 0 Å². The maximum atomic E-state index is 12.0. The van der Waals surface area contributed by atoms with Crippen LogP contribution < -0.4 is 0 Å². The third kappa shape index (κ3) is 9.52. The molecule has 0 saturated heterocycles. The molecule has 0 unspecified atom stereocenters. The summed E-state index contributed by atoms with van der Waals surface area (Å²) in [6.07, 6.45) is -9.63. The van der Waals surface area contributed by atoms with E-state index in [1.807, 2.05) is 0 Å². The van der Waals surface area contributed by atoms with Gasteiger partial charge in [0.15, 0.2) is 0 Å². The summed E-state index contributed by atoms with van der Waals surface area (Å²) in [7, 11) is 0. The number of alkyl halides is 7. The van der Waals surface area contributed by atoms with E-state index in [4.69, 9.17) is 0 Å². The Labute approximate surface area is 73.6 Å². The molecular weight excluding hydrogens is 225 g/mol. The van der Waals surface area contributed by atoms with Crippen molar-refractivity contribution in [2.75, 3.05) is 13.2 Å². The molecular formula is C5H5F7O2. The van der Waals surface area contributed by atoms with E-state index >= 15 is 0 Å². The van der Waals surface area contributed by atoms with Crippen LogP contribution in [-0.4, -0.2) is 32.1 Å². The Morgan fingerprint density at radius 1 is 0.786 bits per heavy atom. The quantitative estimate of drug-likeness (QED) is 0.545. The molecule has 0 N–H and O–H groups in total. The van der Waals surface area contributed by atoms with Crippen molar-refractivity contribution in [3.63, 3.8) is 0 Å². The predicted octanol–water partition coefficient (Wildman–Crippen LogP) is 2.40. The van der Waals surface area contributed by atoms with Gasteiger partial charge in [-0.05, 0) is 0 Å². The fraction of sp³-hybridized carbons (Fsp3) is 1.00. The molecule has 14 heavy (non-hydrogen) atoms. The lowest BCUT2D eigenvalue weighted by molar-refractivity contribution is -0.296. The molecule has 0 spiro atoms. The van der Waals surface area contributed by atoms with Gasteiger partial charge in [-0.1, -0.05) is 0 Å². The molecule has 0 bridgehead atoms. The molecule has 0 heterocycles. The van der Waals surface area contributed by atoms with Gasteiger partial charge in [0.25, 0.3) is 0 Å². The van der Waals surface area contributed by atoms with Crippen molar-refractivity contribution in [2.24, 2.45) is 0 Å². The second-order valence-electron chi connectivity index (χ2n) is 2.13. The summed E-state index contributed by atoms with van der Waals surface area (Å²) < 4.78 is 86.5. The highest BCUT2D eigenvalue weighted by Crippen LogP contribution is 2.18. The Morgan fingerprint density at radius 2 is 1.07 bits per heavy atom. The van der Waals surface area contributed by atoms with E-state index in [9.17, 15) is 30.7 Å². The van der Waals surface area contributed by atoms with Crippen LogP contribution in [0.1, 0.15) is 0 Å². The lowest BCUT2D eigenvalue weighted by atomic mass is 10.7. The monoisotopic (exact) mass is 230 g/mol. The van der Waals surface area contributed by atoms with Gasteiger partial charge in [-0.15, -0.1) is 0 Å². The Bertz CT molecular complexity index is 144. The second kappa shape index (κ2) is 4.78. The predicted molar refractivity (Wildman–Crippen MR) is 28.9 cm³/mol. The lowest BCUT2D eigenvalue weighted by Crippen LogP contribution is -2.26. The summed E-state index contributed by atoms with van der Waals surface area (Å²) in [6, 6.07) is 0. The van der Waals surface area contributed by atoms with Gasteiger partial charge in [0, 0.05) is 0 Å². The molecule has 0 aromatic rings. The van der Waals surface area contributed by atoms with E-state index in [1.165, 1.54) is 0 Å². The van der Waals surface area contributed by atoms with Gasteiger partial charge in [0.1, 0.15) is 13.2 Å². The zero-order chi connectivity index (χ0) is 11.4. The summed E-state index contributed by atoms with van der Waals surface area (Å²) in [6.45, 7) is -7.06. The Morgan fingerprint density at radius 3 is 1.29 bits per heavy atom. The van der Waals surface area contributed by atoms with Gasteiger partial charge < -0.3 is 9.47 Å². The van der Waals surface area contributed by atoms with Crippen LogP contribution in [0, 0.1) is 0 Å². The zero-order valence-corrected chi connectivity index (χ0v) is 6.45. The van der Waals surface area contributed by atoms with Gasteiger partial charge in [-0.25, -0.2) is 0 Å². The number of halogens is 7. The van der Waals surface area contributed by atoms with Crippen LogP contribution in [-0.2, 0) is 9.47 Å². The molecule has 0 saturated carbocycles. The van der Waals surface area contributed by atoms with Crippen LogP contribution in [0.5, 0.6) is 0 Å². The summed E-state index contributed by atoms with van der Waals surface area (Å²) in [5, 5.41) is 0. The first-order chi connectivity index (χ1) is 6.10. The molecule has 0 amide bonds. The molecule has 0 aliphatic heterocycles. The summed E-state index contributed by atoms with van der Waals surface area (Å²) in [5.74, 6) is 0. The van der Waals surface area contributed by atoms with Gasteiger partial charge in [-0.3, -0.25) is 0 Å². The minimum absolute atomic E-state index is 2.01. The van der Waals surface area contributed by atoms with Crippen molar-refractivity contribution in [1.82, 2.24) is 0 Å². The standard InChI is InChI=1S/C5H5F7O2/c6-3(13-1-4(7,8)9)14-2-5(10,11)12/h3H,1-2H2. The fourth-order valence-corrected chi connectivity index (χ4v) is 0.368. The maximum Gasteiger partial charge on any atom is 0.412 e. The van der Waals surface area contributed by atoms with E-state index in [0.29, 0.717) is 0 Å². The highest BCUT2D eigenvalue weighted by molar-refractivity contribution is 4.47. The summed E-state index contributed by atoms with van der Waals surface area (Å²) in [4.78, 5) is 0. The van der Waals surface area contributed by atoms with Crippen LogP contribution in [0.15, 0.2) is 0 Å². The number of hydrogen-bond acceptors (Lipinski definition) is 2. The van der Waals surface area contributed by atoms with Crippen LogP contribution in [0.2, 0.25) is 0 Å². The van der Waals surface area contributed by atoms with Crippen LogP contribution in [0.4, 0.5) is 30.7 Å². The van der Waals surface area contributed by atoms with E-state index in [-0.39, 0.29) is 0 Å².